The predicted octanol–water partition coefficient (Wildman–Crippen LogP) is 5.03. The molecule has 0 atom stereocenters. The smallest absolute Gasteiger partial charge is 0.223 e. The van der Waals surface area contributed by atoms with Crippen LogP contribution < -0.4 is 10.2 Å². The maximum absolute atomic E-state index is 12.7. The summed E-state index contributed by atoms with van der Waals surface area (Å²) >= 11 is 0. The van der Waals surface area contributed by atoms with Crippen molar-refractivity contribution in [2.24, 2.45) is 5.92 Å². The molecule has 1 fully saturated rings. The van der Waals surface area contributed by atoms with E-state index in [1.807, 2.05) is 24.3 Å². The number of amides is 1. The van der Waals surface area contributed by atoms with E-state index in [-0.39, 0.29) is 11.8 Å². The fourth-order valence-corrected chi connectivity index (χ4v) is 4.44. The van der Waals surface area contributed by atoms with Crippen LogP contribution in [0.5, 0.6) is 0 Å². The first-order chi connectivity index (χ1) is 15.6. The third-order valence-electron chi connectivity index (χ3n) is 6.42. The third-order valence-corrected chi connectivity index (χ3v) is 6.42. The van der Waals surface area contributed by atoms with Gasteiger partial charge in [0.15, 0.2) is 11.4 Å². The predicted molar refractivity (Wildman–Crippen MR) is 127 cm³/mol. The highest BCUT2D eigenvalue weighted by molar-refractivity contribution is 6.05. The molecule has 0 saturated carbocycles. The van der Waals surface area contributed by atoms with Gasteiger partial charge in [-0.05, 0) is 42.0 Å². The fourth-order valence-electron chi connectivity index (χ4n) is 4.44. The maximum atomic E-state index is 12.7. The van der Waals surface area contributed by atoms with E-state index < -0.39 is 0 Å². The Morgan fingerprint density at radius 1 is 1.09 bits per heavy atom. The number of anilines is 1. The van der Waals surface area contributed by atoms with Gasteiger partial charge in [0.1, 0.15) is 17.4 Å². The zero-order valence-corrected chi connectivity index (χ0v) is 18.5. The van der Waals surface area contributed by atoms with Crippen molar-refractivity contribution in [2.75, 3.05) is 18.0 Å². The second kappa shape index (κ2) is 8.61. The lowest BCUT2D eigenvalue weighted by Crippen LogP contribution is -2.40. The van der Waals surface area contributed by atoms with Gasteiger partial charge in [-0.2, -0.15) is 0 Å². The van der Waals surface area contributed by atoms with Crippen molar-refractivity contribution in [3.05, 3.63) is 66.0 Å². The van der Waals surface area contributed by atoms with Gasteiger partial charge in [0, 0.05) is 30.9 Å². The molecule has 2 aromatic carbocycles. The molecule has 6 heteroatoms. The molecule has 1 aliphatic heterocycles. The number of carbonyl (C=O) groups excluding carboxylic acids is 1. The van der Waals surface area contributed by atoms with E-state index in [2.05, 4.69) is 58.3 Å². The molecule has 0 radical (unpaired) electrons. The van der Waals surface area contributed by atoms with Crippen LogP contribution in [0.3, 0.4) is 0 Å². The topological polar surface area (TPSA) is 71.3 Å². The van der Waals surface area contributed by atoms with E-state index in [1.165, 1.54) is 5.56 Å². The molecular formula is C26H28N4O2. The number of hydrogen-bond donors (Lipinski definition) is 1. The number of hydrogen-bond acceptors (Lipinski definition) is 5. The minimum atomic E-state index is 0.0224. The number of rotatable bonds is 5. The highest BCUT2D eigenvalue weighted by atomic mass is 16.3. The molecule has 1 aliphatic rings. The fraction of sp³-hybridized carbons (Fsp3) is 0.346. The van der Waals surface area contributed by atoms with Gasteiger partial charge < -0.3 is 14.6 Å². The van der Waals surface area contributed by atoms with Crippen LogP contribution in [0.2, 0.25) is 0 Å². The van der Waals surface area contributed by atoms with Crippen molar-refractivity contribution in [2.45, 2.75) is 39.2 Å². The van der Waals surface area contributed by atoms with Crippen molar-refractivity contribution in [1.29, 1.82) is 0 Å². The Balaban J connectivity index is 1.22. The maximum Gasteiger partial charge on any atom is 0.223 e. The molecule has 1 N–H and O–H groups in total. The lowest BCUT2D eigenvalue weighted by Gasteiger charge is -2.31. The van der Waals surface area contributed by atoms with E-state index in [1.54, 1.807) is 6.33 Å². The van der Waals surface area contributed by atoms with Crippen molar-refractivity contribution < 1.29 is 9.21 Å². The molecule has 6 nitrogen and oxygen atoms in total. The van der Waals surface area contributed by atoms with Crippen LogP contribution in [-0.4, -0.2) is 29.0 Å². The summed E-state index contributed by atoms with van der Waals surface area (Å²) in [5.74, 6) is 1.48. The average molecular weight is 429 g/mol. The molecule has 0 unspecified atom stereocenters. The second-order valence-corrected chi connectivity index (χ2v) is 8.85. The molecule has 1 saturated heterocycles. The van der Waals surface area contributed by atoms with E-state index in [0.717, 1.165) is 59.4 Å². The van der Waals surface area contributed by atoms with E-state index >= 15 is 0 Å². The summed E-state index contributed by atoms with van der Waals surface area (Å²) in [6.07, 6.45) is 3.19. The first-order valence-corrected chi connectivity index (χ1v) is 11.3. The zero-order valence-electron chi connectivity index (χ0n) is 18.5. The second-order valence-electron chi connectivity index (χ2n) is 8.85. The lowest BCUT2D eigenvalue weighted by molar-refractivity contribution is -0.125. The first kappa shape index (κ1) is 20.5. The zero-order chi connectivity index (χ0) is 22.1. The number of nitrogens with one attached hydrogen (secondary N) is 1. The standard InChI is InChI=1S/C26H28N4O2/c1-17(2)19-9-7-18(8-10-19)15-27-26(31)20-11-13-30(14-12-20)25-24-23(28-16-29-25)21-5-3-4-6-22(21)32-24/h3-10,16-17,20H,11-15H2,1-2H3,(H,27,31). The molecule has 2 aromatic heterocycles. The quantitative estimate of drug-likeness (QED) is 0.483. The number of fused-ring (bicyclic) bond motifs is 3. The SMILES string of the molecule is CC(C)c1ccc(CNC(=O)C2CCN(c3ncnc4c3oc3ccccc34)CC2)cc1. The van der Waals surface area contributed by atoms with Gasteiger partial charge in [-0.25, -0.2) is 9.97 Å². The number of piperidine rings is 1. The van der Waals surface area contributed by atoms with E-state index in [9.17, 15) is 4.79 Å². The van der Waals surface area contributed by atoms with Gasteiger partial charge in [-0.15, -0.1) is 0 Å². The third kappa shape index (κ3) is 3.93. The van der Waals surface area contributed by atoms with Crippen LogP contribution in [0.4, 0.5) is 5.82 Å². The minimum absolute atomic E-state index is 0.0224. The Labute approximate surface area is 187 Å². The van der Waals surface area contributed by atoms with Gasteiger partial charge in [-0.3, -0.25) is 4.79 Å². The largest absolute Gasteiger partial charge is 0.450 e. The van der Waals surface area contributed by atoms with Crippen LogP contribution in [-0.2, 0) is 11.3 Å². The summed E-state index contributed by atoms with van der Waals surface area (Å²) in [6.45, 7) is 6.48. The molecule has 1 amide bonds. The van der Waals surface area contributed by atoms with Gasteiger partial charge in [-0.1, -0.05) is 50.2 Å². The highest BCUT2D eigenvalue weighted by Gasteiger charge is 2.27. The molecule has 5 rings (SSSR count). The Kier molecular flexibility index (Phi) is 5.52. The van der Waals surface area contributed by atoms with Gasteiger partial charge >= 0.3 is 0 Å². The number of furan rings is 1. The monoisotopic (exact) mass is 428 g/mol. The van der Waals surface area contributed by atoms with E-state index in [4.69, 9.17) is 4.42 Å². The number of para-hydroxylation sites is 1. The molecule has 4 aromatic rings. The van der Waals surface area contributed by atoms with Crippen LogP contribution in [0.1, 0.15) is 43.7 Å². The van der Waals surface area contributed by atoms with Crippen molar-refractivity contribution in [1.82, 2.24) is 15.3 Å². The van der Waals surface area contributed by atoms with E-state index in [0.29, 0.717) is 12.5 Å². The number of aromatic nitrogens is 2. The molecular weight excluding hydrogens is 400 g/mol. The van der Waals surface area contributed by atoms with Crippen LogP contribution >= 0.6 is 0 Å². The lowest BCUT2D eigenvalue weighted by atomic mass is 9.95. The van der Waals surface area contributed by atoms with Crippen LogP contribution in [0.25, 0.3) is 22.1 Å². The summed E-state index contributed by atoms with van der Waals surface area (Å²) in [5.41, 5.74) is 4.83. The number of carbonyl (C=O) groups is 1. The Bertz CT molecular complexity index is 1240. The molecule has 0 bridgehead atoms. The van der Waals surface area contributed by atoms with Gasteiger partial charge in [0.05, 0.1) is 0 Å². The first-order valence-electron chi connectivity index (χ1n) is 11.3. The molecule has 3 heterocycles. The summed E-state index contributed by atoms with van der Waals surface area (Å²) in [4.78, 5) is 23.9. The summed E-state index contributed by atoms with van der Waals surface area (Å²) in [7, 11) is 0. The summed E-state index contributed by atoms with van der Waals surface area (Å²) < 4.78 is 6.08. The molecule has 32 heavy (non-hydrogen) atoms. The number of nitrogens with zero attached hydrogens (tertiary/aromatic N) is 3. The van der Waals surface area contributed by atoms with Gasteiger partial charge in [0.25, 0.3) is 0 Å². The average Bonchev–Trinajstić information content (AvgIpc) is 3.22. The highest BCUT2D eigenvalue weighted by Crippen LogP contribution is 2.33. The Morgan fingerprint density at radius 2 is 1.84 bits per heavy atom. The Morgan fingerprint density at radius 3 is 2.59 bits per heavy atom. The number of benzene rings is 2. The minimum Gasteiger partial charge on any atom is -0.450 e. The molecule has 164 valence electrons. The van der Waals surface area contributed by atoms with Crippen molar-refractivity contribution in [3.63, 3.8) is 0 Å². The van der Waals surface area contributed by atoms with Crippen LogP contribution in [0, 0.1) is 5.92 Å². The summed E-state index contributed by atoms with van der Waals surface area (Å²) in [5, 5.41) is 4.12. The molecule has 0 aliphatic carbocycles. The molecule has 0 spiro atoms. The van der Waals surface area contributed by atoms with Crippen molar-refractivity contribution in [3.8, 4) is 0 Å². The normalized spacial score (nSPS) is 15.0. The van der Waals surface area contributed by atoms with Crippen LogP contribution in [0.15, 0.2) is 59.3 Å². The van der Waals surface area contributed by atoms with Gasteiger partial charge in [0.2, 0.25) is 5.91 Å². The summed E-state index contributed by atoms with van der Waals surface area (Å²) in [6, 6.07) is 16.4. The Hall–Kier alpha value is -3.41. The van der Waals surface area contributed by atoms with Crippen molar-refractivity contribution >= 4 is 33.8 Å².